The van der Waals surface area contributed by atoms with Gasteiger partial charge in [-0.2, -0.15) is 0 Å². The third-order valence-corrected chi connectivity index (χ3v) is 4.67. The lowest BCUT2D eigenvalue weighted by Crippen LogP contribution is -2.36. The van der Waals surface area contributed by atoms with Crippen LogP contribution in [-0.4, -0.2) is 11.6 Å². The Labute approximate surface area is 110 Å². The van der Waals surface area contributed by atoms with Crippen LogP contribution in [0.1, 0.15) is 51.2 Å². The molecule has 3 rings (SSSR count). The van der Waals surface area contributed by atoms with E-state index in [-0.39, 0.29) is 17.1 Å². The number of hydrogen-bond acceptors (Lipinski definition) is 2. The SMILES string of the molecule is CC(N)C1(c2cccc3c2OC(C)(C)CC3)CC1. The Balaban J connectivity index is 2.07. The Bertz CT molecular complexity index is 472. The fraction of sp³-hybridized carbons (Fsp3) is 0.625. The van der Waals surface area contributed by atoms with Gasteiger partial charge in [-0.15, -0.1) is 0 Å². The molecule has 0 amide bonds. The maximum atomic E-state index is 6.27. The smallest absolute Gasteiger partial charge is 0.127 e. The molecule has 1 aromatic rings. The summed E-state index contributed by atoms with van der Waals surface area (Å²) < 4.78 is 6.27. The quantitative estimate of drug-likeness (QED) is 0.868. The third-order valence-electron chi connectivity index (χ3n) is 4.67. The molecule has 0 radical (unpaired) electrons. The third kappa shape index (κ3) is 1.74. The van der Waals surface area contributed by atoms with Gasteiger partial charge in [-0.25, -0.2) is 0 Å². The van der Waals surface area contributed by atoms with Gasteiger partial charge >= 0.3 is 0 Å². The van der Waals surface area contributed by atoms with Crippen molar-refractivity contribution in [3.05, 3.63) is 29.3 Å². The van der Waals surface area contributed by atoms with Crippen molar-refractivity contribution in [2.24, 2.45) is 5.73 Å². The van der Waals surface area contributed by atoms with Crippen molar-refractivity contribution in [1.29, 1.82) is 0 Å². The average molecular weight is 245 g/mol. The zero-order valence-corrected chi connectivity index (χ0v) is 11.6. The van der Waals surface area contributed by atoms with Crippen LogP contribution in [0.2, 0.25) is 0 Å². The first-order chi connectivity index (χ1) is 8.45. The van der Waals surface area contributed by atoms with Crippen molar-refractivity contribution < 1.29 is 4.74 Å². The van der Waals surface area contributed by atoms with Gasteiger partial charge < -0.3 is 10.5 Å². The number of aryl methyl sites for hydroxylation is 1. The van der Waals surface area contributed by atoms with E-state index in [2.05, 4.69) is 39.0 Å². The van der Waals surface area contributed by atoms with Gasteiger partial charge in [0.1, 0.15) is 11.4 Å². The predicted octanol–water partition coefficient (Wildman–Crippen LogP) is 3.17. The van der Waals surface area contributed by atoms with Crippen LogP contribution in [0.15, 0.2) is 18.2 Å². The van der Waals surface area contributed by atoms with Crippen LogP contribution in [0.5, 0.6) is 5.75 Å². The molecule has 2 N–H and O–H groups in total. The molecule has 1 atom stereocenters. The van der Waals surface area contributed by atoms with E-state index >= 15 is 0 Å². The molecule has 1 saturated carbocycles. The molecule has 2 heteroatoms. The monoisotopic (exact) mass is 245 g/mol. The first-order valence-corrected chi connectivity index (χ1v) is 7.02. The summed E-state index contributed by atoms with van der Waals surface area (Å²) in [6.07, 6.45) is 4.61. The zero-order valence-electron chi connectivity index (χ0n) is 11.6. The van der Waals surface area contributed by atoms with Gasteiger partial charge in [0, 0.05) is 17.0 Å². The molecule has 1 aliphatic heterocycles. The van der Waals surface area contributed by atoms with Crippen molar-refractivity contribution in [1.82, 2.24) is 0 Å². The van der Waals surface area contributed by atoms with Crippen LogP contribution < -0.4 is 10.5 Å². The highest BCUT2D eigenvalue weighted by atomic mass is 16.5. The summed E-state index contributed by atoms with van der Waals surface area (Å²) >= 11 is 0. The van der Waals surface area contributed by atoms with Gasteiger partial charge in [-0.1, -0.05) is 18.2 Å². The van der Waals surface area contributed by atoms with E-state index < -0.39 is 0 Å². The minimum absolute atomic E-state index is 0.0446. The molecular weight excluding hydrogens is 222 g/mol. The summed E-state index contributed by atoms with van der Waals surface area (Å²) in [5.74, 6) is 1.13. The minimum Gasteiger partial charge on any atom is -0.487 e. The molecule has 2 nitrogen and oxygen atoms in total. The maximum absolute atomic E-state index is 6.27. The van der Waals surface area contributed by atoms with E-state index in [9.17, 15) is 0 Å². The molecule has 2 aliphatic rings. The zero-order chi connectivity index (χ0) is 13.0. The van der Waals surface area contributed by atoms with Gasteiger partial charge in [-0.3, -0.25) is 0 Å². The summed E-state index contributed by atoms with van der Waals surface area (Å²) in [6, 6.07) is 6.79. The summed E-state index contributed by atoms with van der Waals surface area (Å²) in [7, 11) is 0. The molecule has 98 valence electrons. The molecule has 0 spiro atoms. The first kappa shape index (κ1) is 12.0. The number of para-hydroxylation sites is 1. The summed E-state index contributed by atoms with van der Waals surface area (Å²) in [5.41, 5.74) is 9.05. The standard InChI is InChI=1S/C16H23NO/c1-11(17)16(9-10-16)13-6-4-5-12-7-8-15(2,3)18-14(12)13/h4-6,11H,7-10,17H2,1-3H3. The Hall–Kier alpha value is -1.02. The van der Waals surface area contributed by atoms with Crippen molar-refractivity contribution in [3.8, 4) is 5.75 Å². The molecule has 0 aromatic heterocycles. The van der Waals surface area contributed by atoms with E-state index in [0.29, 0.717) is 0 Å². The number of fused-ring (bicyclic) bond motifs is 1. The Kier molecular flexibility index (Phi) is 2.50. The Morgan fingerprint density at radius 3 is 2.56 bits per heavy atom. The van der Waals surface area contributed by atoms with Crippen molar-refractivity contribution >= 4 is 0 Å². The van der Waals surface area contributed by atoms with Crippen molar-refractivity contribution in [3.63, 3.8) is 0 Å². The lowest BCUT2D eigenvalue weighted by atomic mass is 9.84. The van der Waals surface area contributed by atoms with Gasteiger partial charge in [0.2, 0.25) is 0 Å². The first-order valence-electron chi connectivity index (χ1n) is 7.02. The molecule has 18 heavy (non-hydrogen) atoms. The highest BCUT2D eigenvalue weighted by molar-refractivity contribution is 5.50. The highest BCUT2D eigenvalue weighted by Gasteiger charge is 2.50. The van der Waals surface area contributed by atoms with Gasteiger partial charge in [0.05, 0.1) is 0 Å². The van der Waals surface area contributed by atoms with E-state index in [4.69, 9.17) is 10.5 Å². The van der Waals surface area contributed by atoms with Gasteiger partial charge in [0.15, 0.2) is 0 Å². The number of nitrogens with two attached hydrogens (primary N) is 1. The van der Waals surface area contributed by atoms with Crippen molar-refractivity contribution in [2.75, 3.05) is 0 Å². The Morgan fingerprint density at radius 1 is 1.22 bits per heavy atom. The molecule has 0 saturated heterocycles. The molecule has 1 unspecified atom stereocenters. The molecule has 1 aromatic carbocycles. The van der Waals surface area contributed by atoms with E-state index in [1.807, 2.05) is 0 Å². The lowest BCUT2D eigenvalue weighted by Gasteiger charge is -2.36. The lowest BCUT2D eigenvalue weighted by molar-refractivity contribution is 0.0822. The van der Waals surface area contributed by atoms with Crippen LogP contribution in [0.4, 0.5) is 0 Å². The van der Waals surface area contributed by atoms with E-state index in [1.165, 1.54) is 24.0 Å². The second kappa shape index (κ2) is 3.74. The van der Waals surface area contributed by atoms with Crippen LogP contribution in [0, 0.1) is 0 Å². The normalized spacial score (nSPS) is 24.9. The second-order valence-corrected chi connectivity index (χ2v) is 6.60. The van der Waals surface area contributed by atoms with E-state index in [1.54, 1.807) is 0 Å². The molecular formula is C16H23NO. The van der Waals surface area contributed by atoms with Crippen LogP contribution >= 0.6 is 0 Å². The maximum Gasteiger partial charge on any atom is 0.127 e. The summed E-state index contributed by atoms with van der Waals surface area (Å²) in [5, 5.41) is 0. The molecule has 1 aliphatic carbocycles. The second-order valence-electron chi connectivity index (χ2n) is 6.60. The number of ether oxygens (including phenoxy) is 1. The highest BCUT2D eigenvalue weighted by Crippen LogP contribution is 2.55. The van der Waals surface area contributed by atoms with Crippen LogP contribution in [0.3, 0.4) is 0 Å². The number of hydrogen-bond donors (Lipinski definition) is 1. The van der Waals surface area contributed by atoms with Gasteiger partial charge in [-0.05, 0) is 52.0 Å². The van der Waals surface area contributed by atoms with Crippen molar-refractivity contribution in [2.45, 2.75) is 63.5 Å². The Morgan fingerprint density at radius 2 is 1.94 bits per heavy atom. The largest absolute Gasteiger partial charge is 0.487 e. The topological polar surface area (TPSA) is 35.2 Å². The molecule has 0 bridgehead atoms. The average Bonchev–Trinajstić information content (AvgIpc) is 3.08. The summed E-state index contributed by atoms with van der Waals surface area (Å²) in [6.45, 7) is 6.48. The van der Waals surface area contributed by atoms with Crippen LogP contribution in [-0.2, 0) is 11.8 Å². The van der Waals surface area contributed by atoms with E-state index in [0.717, 1.165) is 18.6 Å². The molecule has 1 fully saturated rings. The van der Waals surface area contributed by atoms with Gasteiger partial charge in [0.25, 0.3) is 0 Å². The fourth-order valence-corrected chi connectivity index (χ4v) is 3.16. The van der Waals surface area contributed by atoms with Crippen LogP contribution in [0.25, 0.3) is 0 Å². The molecule has 1 heterocycles. The number of benzene rings is 1. The predicted molar refractivity (Wildman–Crippen MR) is 74.0 cm³/mol. The number of rotatable bonds is 2. The summed E-state index contributed by atoms with van der Waals surface area (Å²) in [4.78, 5) is 0. The fourth-order valence-electron chi connectivity index (χ4n) is 3.16. The minimum atomic E-state index is -0.0446.